The van der Waals surface area contributed by atoms with Crippen molar-refractivity contribution in [2.24, 2.45) is 11.5 Å². The predicted molar refractivity (Wildman–Crippen MR) is 74.8 cm³/mol. The minimum atomic E-state index is -0.813. The van der Waals surface area contributed by atoms with Crippen LogP contribution in [0.2, 0.25) is 10.0 Å². The van der Waals surface area contributed by atoms with Gasteiger partial charge in [0.05, 0.1) is 16.4 Å². The predicted octanol–water partition coefficient (Wildman–Crippen LogP) is 1.44. The zero-order valence-electron chi connectivity index (χ0n) is 10.1. The van der Waals surface area contributed by atoms with Crippen LogP contribution in [0.5, 0.6) is 0 Å². The summed E-state index contributed by atoms with van der Waals surface area (Å²) in [6, 6.07) is 5.02. The third kappa shape index (κ3) is 2.76. The molecule has 0 aliphatic carbocycles. The lowest BCUT2D eigenvalue weighted by Crippen LogP contribution is -2.23. The van der Waals surface area contributed by atoms with Gasteiger partial charge in [0, 0.05) is 6.54 Å². The molecule has 0 bridgehead atoms. The second-order valence-corrected chi connectivity index (χ2v) is 4.86. The maximum Gasteiger partial charge on any atom is 0.269 e. The highest BCUT2D eigenvalue weighted by molar-refractivity contribution is 6.42. The average Bonchev–Trinajstić information content (AvgIpc) is 2.78. The van der Waals surface area contributed by atoms with Crippen molar-refractivity contribution in [1.82, 2.24) is 9.55 Å². The summed E-state index contributed by atoms with van der Waals surface area (Å²) in [6.07, 6.45) is 1.32. The van der Waals surface area contributed by atoms with E-state index < -0.39 is 11.8 Å². The van der Waals surface area contributed by atoms with E-state index in [4.69, 9.17) is 34.7 Å². The van der Waals surface area contributed by atoms with Crippen molar-refractivity contribution in [3.63, 3.8) is 0 Å². The van der Waals surface area contributed by atoms with Crippen LogP contribution in [-0.2, 0) is 6.54 Å². The topological polar surface area (TPSA) is 104 Å². The molecule has 0 spiro atoms. The van der Waals surface area contributed by atoms with Crippen molar-refractivity contribution >= 4 is 35.0 Å². The van der Waals surface area contributed by atoms with E-state index in [0.717, 1.165) is 5.56 Å². The monoisotopic (exact) mass is 312 g/mol. The summed E-state index contributed by atoms with van der Waals surface area (Å²) in [5.41, 5.74) is 11.0. The van der Waals surface area contributed by atoms with Gasteiger partial charge < -0.3 is 16.0 Å². The fraction of sp³-hybridized carbons (Fsp3) is 0.0833. The maximum atomic E-state index is 11.4. The fourth-order valence-electron chi connectivity index (χ4n) is 1.78. The molecule has 1 heterocycles. The van der Waals surface area contributed by atoms with E-state index in [9.17, 15) is 9.59 Å². The molecule has 2 rings (SSSR count). The molecule has 0 unspecified atom stereocenters. The van der Waals surface area contributed by atoms with Gasteiger partial charge in [-0.05, 0) is 17.7 Å². The van der Waals surface area contributed by atoms with Crippen LogP contribution in [-0.4, -0.2) is 21.4 Å². The van der Waals surface area contributed by atoms with E-state index in [0.29, 0.717) is 10.0 Å². The van der Waals surface area contributed by atoms with Gasteiger partial charge in [0.25, 0.3) is 11.8 Å². The first-order valence-corrected chi connectivity index (χ1v) is 6.24. The van der Waals surface area contributed by atoms with Crippen molar-refractivity contribution in [2.45, 2.75) is 6.54 Å². The summed E-state index contributed by atoms with van der Waals surface area (Å²) in [5, 5.41) is 0.814. The van der Waals surface area contributed by atoms with Crippen LogP contribution >= 0.6 is 23.2 Å². The van der Waals surface area contributed by atoms with Gasteiger partial charge in [-0.3, -0.25) is 9.59 Å². The van der Waals surface area contributed by atoms with Gasteiger partial charge in [-0.25, -0.2) is 4.98 Å². The van der Waals surface area contributed by atoms with E-state index in [1.807, 2.05) is 0 Å². The number of hydrogen-bond acceptors (Lipinski definition) is 3. The number of aromatic nitrogens is 2. The number of nitrogens with zero attached hydrogens (tertiary/aromatic N) is 2. The zero-order chi connectivity index (χ0) is 14.9. The lowest BCUT2D eigenvalue weighted by molar-refractivity contribution is 0.0959. The lowest BCUT2D eigenvalue weighted by atomic mass is 10.2. The Balaban J connectivity index is 2.41. The van der Waals surface area contributed by atoms with Crippen molar-refractivity contribution < 1.29 is 9.59 Å². The van der Waals surface area contributed by atoms with Gasteiger partial charge in [0.1, 0.15) is 5.69 Å². The van der Waals surface area contributed by atoms with Crippen molar-refractivity contribution in [2.75, 3.05) is 0 Å². The zero-order valence-corrected chi connectivity index (χ0v) is 11.6. The molecule has 0 aliphatic heterocycles. The van der Waals surface area contributed by atoms with Crippen LogP contribution in [0, 0.1) is 0 Å². The SMILES string of the molecule is NC(=O)c1ncn(Cc2ccc(Cl)c(Cl)c2)c1C(N)=O. The number of imidazole rings is 1. The minimum absolute atomic E-state index is 0.0384. The standard InChI is InChI=1S/C12H10Cl2N4O2/c13-7-2-1-6(3-8(7)14)4-18-5-17-9(11(15)19)10(18)12(16)20/h1-3,5H,4H2,(H2,15,19)(H2,16,20). The quantitative estimate of drug-likeness (QED) is 0.892. The number of nitrogens with two attached hydrogens (primary N) is 2. The molecule has 0 saturated heterocycles. The number of halogens is 2. The van der Waals surface area contributed by atoms with Crippen LogP contribution in [0.25, 0.3) is 0 Å². The third-order valence-electron chi connectivity index (χ3n) is 2.64. The Morgan fingerprint density at radius 3 is 2.40 bits per heavy atom. The van der Waals surface area contributed by atoms with E-state index in [2.05, 4.69) is 4.98 Å². The first kappa shape index (κ1) is 14.4. The van der Waals surface area contributed by atoms with E-state index in [1.54, 1.807) is 18.2 Å². The number of hydrogen-bond donors (Lipinski definition) is 2. The highest BCUT2D eigenvalue weighted by Gasteiger charge is 2.20. The number of carbonyl (C=O) groups excluding carboxylic acids is 2. The molecule has 0 saturated carbocycles. The summed E-state index contributed by atoms with van der Waals surface area (Å²) in [4.78, 5) is 26.4. The van der Waals surface area contributed by atoms with Crippen molar-refractivity contribution in [3.05, 3.63) is 51.5 Å². The van der Waals surface area contributed by atoms with Gasteiger partial charge in [0.2, 0.25) is 0 Å². The Hall–Kier alpha value is -2.05. The summed E-state index contributed by atoms with van der Waals surface area (Å²) in [5.74, 6) is -1.59. The Morgan fingerprint density at radius 2 is 1.85 bits per heavy atom. The first-order valence-electron chi connectivity index (χ1n) is 5.48. The first-order chi connectivity index (χ1) is 9.40. The fourth-order valence-corrected chi connectivity index (χ4v) is 2.10. The summed E-state index contributed by atoms with van der Waals surface area (Å²) in [6.45, 7) is 0.259. The second-order valence-electron chi connectivity index (χ2n) is 4.05. The lowest BCUT2D eigenvalue weighted by Gasteiger charge is -2.07. The van der Waals surface area contributed by atoms with Crippen LogP contribution in [0.4, 0.5) is 0 Å². The summed E-state index contributed by atoms with van der Waals surface area (Å²) >= 11 is 11.7. The normalized spacial score (nSPS) is 10.5. The molecule has 0 atom stereocenters. The molecule has 4 N–H and O–H groups in total. The molecule has 1 aromatic heterocycles. The third-order valence-corrected chi connectivity index (χ3v) is 3.38. The number of primary amides is 2. The van der Waals surface area contributed by atoms with Crippen LogP contribution in [0.3, 0.4) is 0 Å². The smallest absolute Gasteiger partial charge is 0.269 e. The van der Waals surface area contributed by atoms with E-state index in [-0.39, 0.29) is 17.9 Å². The van der Waals surface area contributed by atoms with E-state index in [1.165, 1.54) is 10.9 Å². The van der Waals surface area contributed by atoms with Gasteiger partial charge in [-0.2, -0.15) is 0 Å². The molecule has 6 nitrogen and oxygen atoms in total. The minimum Gasteiger partial charge on any atom is -0.364 e. The van der Waals surface area contributed by atoms with Crippen LogP contribution in [0.1, 0.15) is 26.5 Å². The number of carbonyl (C=O) groups is 2. The van der Waals surface area contributed by atoms with Crippen LogP contribution in [0.15, 0.2) is 24.5 Å². The van der Waals surface area contributed by atoms with E-state index >= 15 is 0 Å². The van der Waals surface area contributed by atoms with Crippen molar-refractivity contribution in [1.29, 1.82) is 0 Å². The molecule has 2 aromatic rings. The van der Waals surface area contributed by atoms with Crippen molar-refractivity contribution in [3.8, 4) is 0 Å². The molecule has 8 heteroatoms. The molecular weight excluding hydrogens is 303 g/mol. The second kappa shape index (κ2) is 5.52. The summed E-state index contributed by atoms with van der Waals surface area (Å²) in [7, 11) is 0. The Kier molecular flexibility index (Phi) is 3.96. The molecule has 0 aliphatic rings. The number of amides is 2. The average molecular weight is 313 g/mol. The molecule has 104 valence electrons. The highest BCUT2D eigenvalue weighted by atomic mass is 35.5. The Morgan fingerprint density at radius 1 is 1.15 bits per heavy atom. The van der Waals surface area contributed by atoms with Gasteiger partial charge in [-0.1, -0.05) is 29.3 Å². The molecule has 1 aromatic carbocycles. The van der Waals surface area contributed by atoms with Gasteiger partial charge in [0.15, 0.2) is 5.69 Å². The molecule has 0 fully saturated rings. The molecule has 2 amide bonds. The van der Waals surface area contributed by atoms with Crippen LogP contribution < -0.4 is 11.5 Å². The Labute approximate surface area is 124 Å². The van der Waals surface area contributed by atoms with Gasteiger partial charge >= 0.3 is 0 Å². The largest absolute Gasteiger partial charge is 0.364 e. The highest BCUT2D eigenvalue weighted by Crippen LogP contribution is 2.23. The number of benzene rings is 1. The molecule has 20 heavy (non-hydrogen) atoms. The summed E-state index contributed by atoms with van der Waals surface area (Å²) < 4.78 is 1.43. The Bertz CT molecular complexity index is 697. The number of rotatable bonds is 4. The molecule has 0 radical (unpaired) electrons. The van der Waals surface area contributed by atoms with Gasteiger partial charge in [-0.15, -0.1) is 0 Å². The molecular formula is C12H10Cl2N4O2. The maximum absolute atomic E-state index is 11.4.